The van der Waals surface area contributed by atoms with E-state index in [0.29, 0.717) is 5.57 Å². The predicted molar refractivity (Wildman–Crippen MR) is 79.2 cm³/mol. The molecule has 100 valence electrons. The van der Waals surface area contributed by atoms with Crippen molar-refractivity contribution in [3.8, 4) is 5.75 Å². The van der Waals surface area contributed by atoms with Gasteiger partial charge in [0, 0.05) is 22.1 Å². The van der Waals surface area contributed by atoms with Crippen molar-refractivity contribution in [3.63, 3.8) is 0 Å². The van der Waals surface area contributed by atoms with E-state index >= 15 is 0 Å². The number of hydrogen-bond acceptors (Lipinski definition) is 4. The van der Waals surface area contributed by atoms with Crippen molar-refractivity contribution in [2.24, 2.45) is 0 Å². The standard InChI is InChI=1S/C14H14O3S2/c1-17-12-7-5-11(6-8-12)13(10-19(2,15)16)14-4-3-9-18-14/h3-10H,1-2H3. The van der Waals surface area contributed by atoms with Gasteiger partial charge in [-0.1, -0.05) is 18.2 Å². The van der Waals surface area contributed by atoms with E-state index in [2.05, 4.69) is 0 Å². The Balaban J connectivity index is 2.52. The van der Waals surface area contributed by atoms with E-state index in [0.717, 1.165) is 16.2 Å². The number of ether oxygens (including phenoxy) is 1. The maximum absolute atomic E-state index is 11.5. The van der Waals surface area contributed by atoms with Gasteiger partial charge in [0.1, 0.15) is 5.75 Å². The van der Waals surface area contributed by atoms with Crippen molar-refractivity contribution in [2.75, 3.05) is 13.4 Å². The van der Waals surface area contributed by atoms with E-state index in [1.165, 1.54) is 23.0 Å². The Morgan fingerprint density at radius 1 is 1.21 bits per heavy atom. The van der Waals surface area contributed by atoms with Crippen LogP contribution in [0.1, 0.15) is 10.4 Å². The number of hydrogen-bond donors (Lipinski definition) is 0. The van der Waals surface area contributed by atoms with Crippen LogP contribution in [-0.4, -0.2) is 21.8 Å². The zero-order valence-corrected chi connectivity index (χ0v) is 12.3. The SMILES string of the molecule is COc1ccc(C(=CS(C)(=O)=O)c2cccs2)cc1. The molecule has 0 atom stereocenters. The van der Waals surface area contributed by atoms with Crippen molar-refractivity contribution in [1.82, 2.24) is 0 Å². The molecule has 2 aromatic rings. The number of thiophene rings is 1. The molecule has 5 heteroatoms. The number of sulfone groups is 1. The quantitative estimate of drug-likeness (QED) is 0.870. The molecule has 0 bridgehead atoms. The third kappa shape index (κ3) is 3.68. The van der Waals surface area contributed by atoms with Crippen LogP contribution in [-0.2, 0) is 9.84 Å². The Kier molecular flexibility index (Phi) is 4.07. The molecule has 1 aromatic heterocycles. The molecule has 0 aliphatic rings. The predicted octanol–water partition coefficient (Wildman–Crippen LogP) is 3.19. The fourth-order valence-corrected chi connectivity index (χ4v) is 3.22. The lowest BCUT2D eigenvalue weighted by Crippen LogP contribution is -1.94. The van der Waals surface area contributed by atoms with Crippen LogP contribution in [0, 0.1) is 0 Å². The summed E-state index contributed by atoms with van der Waals surface area (Å²) in [6.07, 6.45) is 1.20. The highest BCUT2D eigenvalue weighted by molar-refractivity contribution is 7.93. The first-order valence-corrected chi connectivity index (χ1v) is 8.43. The Morgan fingerprint density at radius 2 is 1.89 bits per heavy atom. The number of benzene rings is 1. The van der Waals surface area contributed by atoms with E-state index < -0.39 is 9.84 Å². The molecule has 1 aromatic carbocycles. The van der Waals surface area contributed by atoms with Crippen LogP contribution in [0.4, 0.5) is 0 Å². The van der Waals surface area contributed by atoms with Crippen LogP contribution >= 0.6 is 11.3 Å². The molecule has 0 aliphatic carbocycles. The fourth-order valence-electron chi connectivity index (χ4n) is 1.68. The van der Waals surface area contributed by atoms with Gasteiger partial charge in [0.2, 0.25) is 0 Å². The molecule has 0 saturated carbocycles. The van der Waals surface area contributed by atoms with Gasteiger partial charge in [-0.05, 0) is 29.1 Å². The van der Waals surface area contributed by atoms with Gasteiger partial charge >= 0.3 is 0 Å². The Labute approximate surface area is 117 Å². The first kappa shape index (κ1) is 13.8. The molecule has 0 N–H and O–H groups in total. The van der Waals surface area contributed by atoms with Gasteiger partial charge in [0.15, 0.2) is 9.84 Å². The van der Waals surface area contributed by atoms with Gasteiger partial charge in [0.05, 0.1) is 7.11 Å². The van der Waals surface area contributed by atoms with Crippen LogP contribution in [0.3, 0.4) is 0 Å². The minimum absolute atomic E-state index is 0.708. The molecule has 0 aliphatic heterocycles. The average molecular weight is 294 g/mol. The van der Waals surface area contributed by atoms with Gasteiger partial charge in [-0.3, -0.25) is 0 Å². The zero-order valence-electron chi connectivity index (χ0n) is 10.7. The van der Waals surface area contributed by atoms with Crippen molar-refractivity contribution < 1.29 is 13.2 Å². The molecule has 0 amide bonds. The minimum atomic E-state index is -3.20. The van der Waals surface area contributed by atoms with Gasteiger partial charge in [-0.25, -0.2) is 8.42 Å². The van der Waals surface area contributed by atoms with E-state index in [9.17, 15) is 8.42 Å². The second kappa shape index (κ2) is 5.59. The lowest BCUT2D eigenvalue weighted by atomic mass is 10.1. The summed E-state index contributed by atoms with van der Waals surface area (Å²) in [5, 5.41) is 3.23. The van der Waals surface area contributed by atoms with Gasteiger partial charge < -0.3 is 4.74 Å². The second-order valence-corrected chi connectivity index (χ2v) is 6.91. The summed E-state index contributed by atoms with van der Waals surface area (Å²) in [7, 11) is -1.60. The highest BCUT2D eigenvalue weighted by Crippen LogP contribution is 2.29. The molecule has 0 unspecified atom stereocenters. The lowest BCUT2D eigenvalue weighted by Gasteiger charge is -2.07. The topological polar surface area (TPSA) is 43.4 Å². The maximum atomic E-state index is 11.5. The zero-order chi connectivity index (χ0) is 13.9. The Morgan fingerprint density at radius 3 is 2.37 bits per heavy atom. The average Bonchev–Trinajstić information content (AvgIpc) is 2.89. The third-order valence-electron chi connectivity index (χ3n) is 2.52. The van der Waals surface area contributed by atoms with Crippen LogP contribution < -0.4 is 4.74 Å². The molecule has 0 radical (unpaired) electrons. The first-order valence-electron chi connectivity index (χ1n) is 5.59. The monoisotopic (exact) mass is 294 g/mol. The molecule has 19 heavy (non-hydrogen) atoms. The molecule has 1 heterocycles. The Bertz CT molecular complexity index is 666. The summed E-state index contributed by atoms with van der Waals surface area (Å²) >= 11 is 1.51. The molecular formula is C14H14O3S2. The highest BCUT2D eigenvalue weighted by atomic mass is 32.2. The molecule has 0 fully saturated rings. The molecule has 0 spiro atoms. The van der Waals surface area contributed by atoms with Gasteiger partial charge in [-0.2, -0.15) is 0 Å². The van der Waals surface area contributed by atoms with Crippen molar-refractivity contribution >= 4 is 26.7 Å². The smallest absolute Gasteiger partial charge is 0.169 e. The summed E-state index contributed by atoms with van der Waals surface area (Å²) < 4.78 is 28.2. The van der Waals surface area contributed by atoms with Crippen molar-refractivity contribution in [1.29, 1.82) is 0 Å². The molecular weight excluding hydrogens is 280 g/mol. The summed E-state index contributed by atoms with van der Waals surface area (Å²) in [6, 6.07) is 11.2. The summed E-state index contributed by atoms with van der Waals surface area (Å²) in [5.41, 5.74) is 1.56. The normalized spacial score (nSPS) is 12.4. The van der Waals surface area contributed by atoms with E-state index in [1.807, 2.05) is 41.8 Å². The minimum Gasteiger partial charge on any atom is -0.497 e. The first-order chi connectivity index (χ1) is 8.99. The van der Waals surface area contributed by atoms with Gasteiger partial charge in [-0.15, -0.1) is 11.3 Å². The van der Waals surface area contributed by atoms with Crippen molar-refractivity contribution in [3.05, 3.63) is 57.6 Å². The van der Waals surface area contributed by atoms with Crippen LogP contribution in [0.5, 0.6) is 5.75 Å². The maximum Gasteiger partial charge on any atom is 0.169 e. The highest BCUT2D eigenvalue weighted by Gasteiger charge is 2.10. The third-order valence-corrected chi connectivity index (χ3v) is 4.09. The molecule has 3 nitrogen and oxygen atoms in total. The van der Waals surface area contributed by atoms with E-state index in [1.54, 1.807) is 7.11 Å². The largest absolute Gasteiger partial charge is 0.497 e. The van der Waals surface area contributed by atoms with Gasteiger partial charge in [0.25, 0.3) is 0 Å². The number of methoxy groups -OCH3 is 1. The number of rotatable bonds is 4. The van der Waals surface area contributed by atoms with Crippen LogP contribution in [0.15, 0.2) is 47.2 Å². The van der Waals surface area contributed by atoms with E-state index in [4.69, 9.17) is 4.74 Å². The molecule has 2 rings (SSSR count). The molecule has 0 saturated heterocycles. The Hall–Kier alpha value is -1.59. The van der Waals surface area contributed by atoms with Crippen LogP contribution in [0.25, 0.3) is 5.57 Å². The van der Waals surface area contributed by atoms with Crippen molar-refractivity contribution in [2.45, 2.75) is 0 Å². The summed E-state index contributed by atoms with van der Waals surface area (Å²) in [5.74, 6) is 0.744. The summed E-state index contributed by atoms with van der Waals surface area (Å²) in [6.45, 7) is 0. The lowest BCUT2D eigenvalue weighted by molar-refractivity contribution is 0.415. The fraction of sp³-hybridized carbons (Fsp3) is 0.143. The second-order valence-electron chi connectivity index (χ2n) is 4.07. The van der Waals surface area contributed by atoms with E-state index in [-0.39, 0.29) is 0 Å². The van der Waals surface area contributed by atoms with Crippen LogP contribution in [0.2, 0.25) is 0 Å². The summed E-state index contributed by atoms with van der Waals surface area (Å²) in [4.78, 5) is 0.926.